The number of allylic oxidation sites excluding steroid dienone is 4. The third-order valence-electron chi connectivity index (χ3n) is 8.17. The van der Waals surface area contributed by atoms with Gasteiger partial charge in [0.1, 0.15) is 0 Å². The van der Waals surface area contributed by atoms with E-state index in [1.807, 2.05) is 3.71 Å². The minimum atomic E-state index is -4.22. The fourth-order valence-electron chi connectivity index (χ4n) is 5.54. The molecule has 0 aliphatic heterocycles. The van der Waals surface area contributed by atoms with Gasteiger partial charge in [0.25, 0.3) is 0 Å². The Morgan fingerprint density at radius 1 is 0.766 bits per heavy atom. The molecule has 0 radical (unpaired) electrons. The first-order valence-corrected chi connectivity index (χ1v) is 17.3. The molecule has 5 rings (SSSR count). The number of rotatable bonds is 2. The van der Waals surface area contributed by atoms with E-state index in [9.17, 15) is 13.2 Å². The van der Waals surface area contributed by atoms with E-state index in [0.29, 0.717) is 11.3 Å². The van der Waals surface area contributed by atoms with Crippen molar-refractivity contribution in [3.05, 3.63) is 117 Å². The molecule has 3 aromatic rings. The molecular formula is C41H49Cl2F3Zr-2. The largest absolute Gasteiger partial charge is 1.00 e. The maximum Gasteiger partial charge on any atom is -1.00 e. The maximum absolute atomic E-state index is 12.0. The van der Waals surface area contributed by atoms with Gasteiger partial charge in [-0.2, -0.15) is 35.4 Å². The summed E-state index contributed by atoms with van der Waals surface area (Å²) in [6.07, 6.45) is 3.75. The number of benzene rings is 3. The summed E-state index contributed by atoms with van der Waals surface area (Å²) in [6, 6.07) is 20.3. The van der Waals surface area contributed by atoms with E-state index in [4.69, 9.17) is 0 Å². The van der Waals surface area contributed by atoms with E-state index in [1.165, 1.54) is 80.9 Å². The zero-order valence-electron chi connectivity index (χ0n) is 29.7. The van der Waals surface area contributed by atoms with Crippen molar-refractivity contribution in [3.8, 4) is 11.1 Å². The van der Waals surface area contributed by atoms with Crippen LogP contribution < -0.4 is 24.8 Å². The predicted octanol–water partition coefficient (Wildman–Crippen LogP) is 5.81. The van der Waals surface area contributed by atoms with Crippen molar-refractivity contribution in [1.82, 2.24) is 0 Å². The first-order valence-electron chi connectivity index (χ1n) is 15.9. The van der Waals surface area contributed by atoms with E-state index in [-0.39, 0.29) is 35.6 Å². The molecule has 0 spiro atoms. The number of hydrogen-bond acceptors (Lipinski definition) is 0. The average molecular weight is 761 g/mol. The van der Waals surface area contributed by atoms with Crippen LogP contribution >= 0.6 is 0 Å². The van der Waals surface area contributed by atoms with Gasteiger partial charge in [0.2, 0.25) is 0 Å². The fourth-order valence-corrected chi connectivity index (χ4v) is 6.01. The molecule has 0 saturated carbocycles. The van der Waals surface area contributed by atoms with Crippen LogP contribution in [-0.2, 0) is 47.7 Å². The monoisotopic (exact) mass is 758 g/mol. The van der Waals surface area contributed by atoms with Gasteiger partial charge in [0.15, 0.2) is 0 Å². The van der Waals surface area contributed by atoms with E-state index >= 15 is 0 Å². The van der Waals surface area contributed by atoms with E-state index in [1.54, 1.807) is 0 Å². The first-order chi connectivity index (χ1) is 20.6. The van der Waals surface area contributed by atoms with Gasteiger partial charge in [-0.3, -0.25) is 6.08 Å². The topological polar surface area (TPSA) is 0 Å². The van der Waals surface area contributed by atoms with Crippen molar-refractivity contribution < 1.29 is 62.2 Å². The number of halogens is 5. The smallest absolute Gasteiger partial charge is 1.00 e. The summed E-state index contributed by atoms with van der Waals surface area (Å²) in [5, 5.41) is 0. The SMILES string of the molecule is CC(C)(C)c1[c-]c2c(cc1)-c1ccc(C(C)(C)C)cc1C2.CCC1=[C-]C(C)C=C1C(C)(C)C.FC(F)(F)c1ccc([CH]=[Zr+2])cc1.[Cl-].[Cl-]. The summed E-state index contributed by atoms with van der Waals surface area (Å²) < 4.78 is 37.9. The van der Waals surface area contributed by atoms with Gasteiger partial charge in [-0.05, 0) is 28.4 Å². The van der Waals surface area contributed by atoms with Crippen molar-refractivity contribution in [3.63, 3.8) is 0 Å². The third-order valence-corrected chi connectivity index (χ3v) is 8.99. The standard InChI is InChI=1S/C21H25.C12H19.C8H5F3.2ClH.Zr/c1-20(2,3)16-7-9-18-14(12-16)11-15-13-17(21(4,5)6)8-10-19(15)18;1-6-10-7-9(2)8-11(10)12(3,4)5;1-6-2-4-7(5-3-6)8(9,10)11;;;/h7-10,12H,11H2,1-6H3;8-9H,6H2,1-5H3;1-5H;2*1H;/q2*-1;;;;+2/p-2. The molecule has 0 nitrogen and oxygen atoms in total. The normalized spacial score (nSPS) is 15.3. The fraction of sp³-hybridized carbons (Fsp3) is 0.439. The molecule has 6 heteroatoms. The molecule has 0 amide bonds. The second-order valence-corrected chi connectivity index (χ2v) is 15.9. The molecule has 254 valence electrons. The Kier molecular flexibility index (Phi) is 15.5. The molecule has 1 unspecified atom stereocenters. The van der Waals surface area contributed by atoms with Gasteiger partial charge in [0.05, 0.1) is 0 Å². The van der Waals surface area contributed by atoms with Crippen LogP contribution in [0.25, 0.3) is 11.1 Å². The molecule has 2 aliphatic rings. The van der Waals surface area contributed by atoms with Gasteiger partial charge in [-0.25, -0.2) is 5.57 Å². The molecule has 0 heterocycles. The van der Waals surface area contributed by atoms with Gasteiger partial charge in [-0.15, -0.1) is 11.1 Å². The Hall–Kier alpha value is -1.74. The van der Waals surface area contributed by atoms with Crippen LogP contribution in [0.5, 0.6) is 0 Å². The predicted molar refractivity (Wildman–Crippen MR) is 181 cm³/mol. The Morgan fingerprint density at radius 2 is 1.32 bits per heavy atom. The van der Waals surface area contributed by atoms with Crippen molar-refractivity contribution in [2.24, 2.45) is 11.3 Å². The second-order valence-electron chi connectivity index (χ2n) is 15.2. The molecular weight excluding hydrogens is 712 g/mol. The zero-order valence-corrected chi connectivity index (χ0v) is 33.7. The molecule has 1 atom stereocenters. The van der Waals surface area contributed by atoms with Crippen LogP contribution in [0.15, 0.2) is 71.8 Å². The number of fused-ring (bicyclic) bond motifs is 3. The number of alkyl halides is 3. The summed E-state index contributed by atoms with van der Waals surface area (Å²) in [7, 11) is 0. The van der Waals surface area contributed by atoms with Crippen LogP contribution in [0, 0.1) is 23.5 Å². The van der Waals surface area contributed by atoms with E-state index in [2.05, 4.69) is 125 Å². The van der Waals surface area contributed by atoms with E-state index in [0.717, 1.165) is 30.5 Å². The van der Waals surface area contributed by atoms with Crippen LogP contribution in [0.2, 0.25) is 0 Å². The summed E-state index contributed by atoms with van der Waals surface area (Å²) in [6.45, 7) is 24.8. The first kappa shape index (κ1) is 43.3. The molecule has 0 N–H and O–H groups in total. The van der Waals surface area contributed by atoms with Gasteiger partial charge < -0.3 is 24.8 Å². The third kappa shape index (κ3) is 11.7. The molecule has 47 heavy (non-hydrogen) atoms. The van der Waals surface area contributed by atoms with Crippen molar-refractivity contribution in [1.29, 1.82) is 0 Å². The summed E-state index contributed by atoms with van der Waals surface area (Å²) in [5.74, 6) is 0.522. The van der Waals surface area contributed by atoms with Gasteiger partial charge >= 0.3 is 82.7 Å². The summed E-state index contributed by atoms with van der Waals surface area (Å²) in [4.78, 5) is 0. The van der Waals surface area contributed by atoms with Crippen LogP contribution in [0.4, 0.5) is 13.2 Å². The Bertz CT molecular complexity index is 1500. The molecule has 2 aliphatic carbocycles. The quantitative estimate of drug-likeness (QED) is 0.227. The van der Waals surface area contributed by atoms with Crippen molar-refractivity contribution in [2.45, 2.75) is 106 Å². The molecule has 0 aromatic heterocycles. The Balaban J connectivity index is 0.000000369. The van der Waals surface area contributed by atoms with Crippen LogP contribution in [-0.4, -0.2) is 3.71 Å². The average Bonchev–Trinajstić information content (AvgIpc) is 3.51. The molecule has 0 saturated heterocycles. The van der Waals surface area contributed by atoms with Crippen LogP contribution in [0.3, 0.4) is 0 Å². The number of hydrogen-bond donors (Lipinski definition) is 0. The van der Waals surface area contributed by atoms with Gasteiger partial charge in [0, 0.05) is 0 Å². The molecule has 0 fully saturated rings. The molecule has 3 aromatic carbocycles. The van der Waals surface area contributed by atoms with E-state index < -0.39 is 11.7 Å². The minimum absolute atomic E-state index is 0. The Labute approximate surface area is 309 Å². The summed E-state index contributed by atoms with van der Waals surface area (Å²) >= 11 is 1.18. The Morgan fingerprint density at radius 3 is 1.77 bits per heavy atom. The zero-order chi connectivity index (χ0) is 34.0. The van der Waals surface area contributed by atoms with Crippen molar-refractivity contribution in [2.75, 3.05) is 0 Å². The second kappa shape index (κ2) is 16.8. The van der Waals surface area contributed by atoms with Crippen molar-refractivity contribution >= 4 is 3.71 Å². The minimum Gasteiger partial charge on any atom is -1.00 e. The van der Waals surface area contributed by atoms with Gasteiger partial charge in [-0.1, -0.05) is 118 Å². The van der Waals surface area contributed by atoms with Crippen LogP contribution in [0.1, 0.15) is 116 Å². The maximum atomic E-state index is 12.0. The summed E-state index contributed by atoms with van der Waals surface area (Å²) in [5.41, 5.74) is 12.2. The molecule has 0 bridgehead atoms.